The van der Waals surface area contributed by atoms with Gasteiger partial charge in [-0.25, -0.2) is 8.42 Å². The second-order valence-electron chi connectivity index (χ2n) is 6.19. The molecule has 0 unspecified atom stereocenters. The smallest absolute Gasteiger partial charge is 0.318 e. The van der Waals surface area contributed by atoms with E-state index in [0.717, 1.165) is 4.31 Å². The first-order valence-corrected chi connectivity index (χ1v) is 10.4. The number of carboxylic acid groups (broad SMARTS) is 1. The normalized spacial score (nSPS) is 11.6. The quantitative estimate of drug-likeness (QED) is 0.453. The molecule has 0 aromatic heterocycles. The average Bonchev–Trinajstić information content (AvgIpc) is 2.71. The number of rotatable bonds is 10. The molecule has 0 saturated heterocycles. The molecule has 0 spiro atoms. The van der Waals surface area contributed by atoms with Crippen LogP contribution in [0, 0.1) is 0 Å². The minimum absolute atomic E-state index is 0.0992. The van der Waals surface area contributed by atoms with E-state index in [4.69, 9.17) is 14.6 Å². The molecule has 0 bridgehead atoms. The van der Waals surface area contributed by atoms with Gasteiger partial charge in [-0.15, -0.1) is 0 Å². The monoisotopic (exact) mass is 433 g/mol. The molecule has 2 aromatic carbocycles. The number of carboxylic acids is 1. The number of aliphatic carboxylic acids is 1. The summed E-state index contributed by atoms with van der Waals surface area (Å²) >= 11 is 0. The van der Waals surface area contributed by atoms with Crippen molar-refractivity contribution in [3.8, 4) is 11.5 Å². The average molecular weight is 433 g/mol. The molecule has 160 valence electrons. The highest BCUT2D eigenvalue weighted by Crippen LogP contribution is 2.32. The summed E-state index contributed by atoms with van der Waals surface area (Å²) in [6, 6.07) is 10.6. The minimum Gasteiger partial charge on any atom is -0.492 e. The van der Waals surface area contributed by atoms with E-state index < -0.39 is 22.5 Å². The van der Waals surface area contributed by atoms with Crippen molar-refractivity contribution in [2.75, 3.05) is 27.3 Å². The zero-order chi connectivity index (χ0) is 22.3. The van der Waals surface area contributed by atoms with Crippen LogP contribution in [0.2, 0.25) is 0 Å². The molecule has 0 saturated carbocycles. The largest absolute Gasteiger partial charge is 0.492 e. The number of ketones is 1. The van der Waals surface area contributed by atoms with Gasteiger partial charge in [-0.3, -0.25) is 9.59 Å². The van der Waals surface area contributed by atoms with Gasteiger partial charge < -0.3 is 14.6 Å². The Morgan fingerprint density at radius 1 is 1.13 bits per heavy atom. The molecule has 2 rings (SSSR count). The number of nitrogens with zero attached hydrogens (tertiary/aromatic N) is 1. The Bertz CT molecular complexity index is 1040. The molecule has 8 nitrogen and oxygen atoms in total. The van der Waals surface area contributed by atoms with Gasteiger partial charge in [0.2, 0.25) is 10.0 Å². The summed E-state index contributed by atoms with van der Waals surface area (Å²) in [6.07, 6.45) is 2.95. The third kappa shape index (κ3) is 5.46. The Labute approximate surface area is 175 Å². The van der Waals surface area contributed by atoms with Crippen molar-refractivity contribution >= 4 is 27.9 Å². The summed E-state index contributed by atoms with van der Waals surface area (Å²) in [4.78, 5) is 23.1. The molecule has 0 aliphatic rings. The van der Waals surface area contributed by atoms with Crippen LogP contribution in [0.4, 0.5) is 0 Å². The number of carbonyl (C=O) groups excluding carboxylic acids is 1. The van der Waals surface area contributed by atoms with Crippen LogP contribution in [0.25, 0.3) is 6.08 Å². The number of sulfonamides is 1. The Hall–Kier alpha value is -3.17. The van der Waals surface area contributed by atoms with Crippen molar-refractivity contribution in [3.63, 3.8) is 0 Å². The second kappa shape index (κ2) is 10.0. The van der Waals surface area contributed by atoms with Crippen molar-refractivity contribution in [1.82, 2.24) is 4.31 Å². The molecule has 2 aromatic rings. The summed E-state index contributed by atoms with van der Waals surface area (Å²) in [5.41, 5.74) is 0.942. The van der Waals surface area contributed by atoms with Crippen molar-refractivity contribution < 1.29 is 32.6 Å². The third-order valence-corrected chi connectivity index (χ3v) is 5.95. The van der Waals surface area contributed by atoms with Gasteiger partial charge in [0.1, 0.15) is 6.54 Å². The lowest BCUT2D eigenvalue weighted by Gasteiger charge is -2.14. The van der Waals surface area contributed by atoms with Gasteiger partial charge in [0.15, 0.2) is 17.3 Å². The molecule has 30 heavy (non-hydrogen) atoms. The Morgan fingerprint density at radius 2 is 1.80 bits per heavy atom. The molecule has 0 aliphatic carbocycles. The predicted octanol–water partition coefficient (Wildman–Crippen LogP) is 2.70. The fourth-order valence-corrected chi connectivity index (χ4v) is 3.78. The van der Waals surface area contributed by atoms with Crippen molar-refractivity contribution in [2.45, 2.75) is 11.8 Å². The number of ether oxygens (including phenoxy) is 2. The molecule has 1 N–H and O–H groups in total. The first-order chi connectivity index (χ1) is 14.2. The van der Waals surface area contributed by atoms with Crippen LogP contribution in [0.1, 0.15) is 22.8 Å². The van der Waals surface area contributed by atoms with E-state index in [-0.39, 0.29) is 16.2 Å². The highest BCUT2D eigenvalue weighted by Gasteiger charge is 2.22. The highest BCUT2D eigenvalue weighted by molar-refractivity contribution is 7.89. The number of hydrogen-bond acceptors (Lipinski definition) is 6. The molecule has 0 fully saturated rings. The van der Waals surface area contributed by atoms with E-state index in [9.17, 15) is 18.0 Å². The maximum Gasteiger partial charge on any atom is 0.318 e. The molecule has 0 atom stereocenters. The Morgan fingerprint density at radius 3 is 2.37 bits per heavy atom. The molecule has 0 radical (unpaired) electrons. The summed E-state index contributed by atoms with van der Waals surface area (Å²) in [5, 5.41) is 8.77. The van der Waals surface area contributed by atoms with Gasteiger partial charge in [-0.05, 0) is 49.4 Å². The van der Waals surface area contributed by atoms with Crippen LogP contribution in [-0.2, 0) is 14.8 Å². The van der Waals surface area contributed by atoms with Crippen molar-refractivity contribution in [3.05, 3.63) is 59.7 Å². The fraction of sp³-hybridized carbons (Fsp3) is 0.238. The molecule has 0 heterocycles. The Kier molecular flexibility index (Phi) is 7.73. The van der Waals surface area contributed by atoms with E-state index in [2.05, 4.69) is 0 Å². The zero-order valence-corrected chi connectivity index (χ0v) is 17.7. The molecular weight excluding hydrogens is 410 g/mol. The first kappa shape index (κ1) is 23.1. The highest BCUT2D eigenvalue weighted by atomic mass is 32.2. The van der Waals surface area contributed by atoms with E-state index in [1.807, 2.05) is 6.92 Å². The third-order valence-electron chi connectivity index (χ3n) is 4.13. The van der Waals surface area contributed by atoms with Crippen LogP contribution in [0.5, 0.6) is 11.5 Å². The van der Waals surface area contributed by atoms with Crippen LogP contribution in [0.15, 0.2) is 53.4 Å². The van der Waals surface area contributed by atoms with Crippen LogP contribution in [0.3, 0.4) is 0 Å². The van der Waals surface area contributed by atoms with Crippen LogP contribution in [-0.4, -0.2) is 56.9 Å². The van der Waals surface area contributed by atoms with E-state index in [0.29, 0.717) is 23.7 Å². The number of hydrogen-bond donors (Lipinski definition) is 1. The summed E-state index contributed by atoms with van der Waals surface area (Å²) in [6.45, 7) is 1.67. The summed E-state index contributed by atoms with van der Waals surface area (Å²) in [5.74, 6) is -0.524. The topological polar surface area (TPSA) is 110 Å². The van der Waals surface area contributed by atoms with E-state index >= 15 is 0 Å². The van der Waals surface area contributed by atoms with Gasteiger partial charge in [-0.2, -0.15) is 4.31 Å². The summed E-state index contributed by atoms with van der Waals surface area (Å²) in [7, 11) is -1.27. The number of carbonyl (C=O) groups is 2. The van der Waals surface area contributed by atoms with Gasteiger partial charge in [-0.1, -0.05) is 12.1 Å². The van der Waals surface area contributed by atoms with Gasteiger partial charge in [0, 0.05) is 18.2 Å². The van der Waals surface area contributed by atoms with Crippen LogP contribution >= 0.6 is 0 Å². The SMILES string of the molecule is CCOc1cccc(/C=C/C(=O)c2ccc(S(=O)(=O)N(C)CC(=O)O)cc2)c1OC. The maximum absolute atomic E-state index is 12.5. The number of methoxy groups -OCH3 is 1. The molecule has 0 amide bonds. The van der Waals surface area contributed by atoms with Crippen LogP contribution < -0.4 is 9.47 Å². The lowest BCUT2D eigenvalue weighted by atomic mass is 10.1. The zero-order valence-electron chi connectivity index (χ0n) is 16.9. The number of benzene rings is 2. The Balaban J connectivity index is 2.21. The first-order valence-electron chi connectivity index (χ1n) is 9.01. The van der Waals surface area contributed by atoms with Crippen molar-refractivity contribution in [2.24, 2.45) is 0 Å². The van der Waals surface area contributed by atoms with Crippen molar-refractivity contribution in [1.29, 1.82) is 0 Å². The summed E-state index contributed by atoms with van der Waals surface area (Å²) < 4.78 is 36.3. The fourth-order valence-electron chi connectivity index (χ4n) is 2.66. The second-order valence-corrected chi connectivity index (χ2v) is 8.23. The van der Waals surface area contributed by atoms with Gasteiger partial charge in [0.25, 0.3) is 0 Å². The lowest BCUT2D eigenvalue weighted by molar-refractivity contribution is -0.137. The number of para-hydroxylation sites is 1. The molecular formula is C21H23NO7S. The lowest BCUT2D eigenvalue weighted by Crippen LogP contribution is -2.32. The molecule has 9 heteroatoms. The predicted molar refractivity (Wildman–Crippen MR) is 111 cm³/mol. The van der Waals surface area contributed by atoms with E-state index in [1.54, 1.807) is 24.3 Å². The number of allylic oxidation sites excluding steroid dienone is 1. The minimum atomic E-state index is -3.96. The maximum atomic E-state index is 12.5. The standard InChI is InChI=1S/C21H23NO7S/c1-4-29-19-7-5-6-16(21(19)28-3)10-13-18(23)15-8-11-17(12-9-15)30(26,27)22(2)14-20(24)25/h5-13H,4,14H2,1-3H3,(H,24,25)/b13-10+. The van der Waals surface area contributed by atoms with Gasteiger partial charge >= 0.3 is 5.97 Å². The van der Waals surface area contributed by atoms with E-state index in [1.165, 1.54) is 44.5 Å². The van der Waals surface area contributed by atoms with Gasteiger partial charge in [0.05, 0.1) is 18.6 Å². The number of likely N-dealkylation sites (N-methyl/N-ethyl adjacent to an activating group) is 1. The molecule has 0 aliphatic heterocycles.